The fourth-order valence-electron chi connectivity index (χ4n) is 2.86. The van der Waals surface area contributed by atoms with Crippen LogP contribution in [0.15, 0.2) is 0 Å². The van der Waals surface area contributed by atoms with Crippen LogP contribution < -0.4 is 5.32 Å². The number of rotatable bonds is 17. The van der Waals surface area contributed by atoms with Crippen LogP contribution in [0, 0.1) is 0 Å². The molecule has 0 heterocycles. The number of nitrogens with one attached hydrogen (secondary N) is 1. The predicted octanol–water partition coefficient (Wildman–Crippen LogP) is 4.63. The summed E-state index contributed by atoms with van der Waals surface area (Å²) in [5.74, 6) is -1.62. The monoisotopic (exact) mass is 355 g/mol. The van der Waals surface area contributed by atoms with Gasteiger partial charge in [0.1, 0.15) is 0 Å². The largest absolute Gasteiger partial charge is 0.481 e. The van der Waals surface area contributed by atoms with Crippen molar-refractivity contribution in [2.45, 2.75) is 110 Å². The number of ketones is 1. The van der Waals surface area contributed by atoms with Crippen molar-refractivity contribution in [1.29, 1.82) is 0 Å². The van der Waals surface area contributed by atoms with Gasteiger partial charge in [0.25, 0.3) is 0 Å². The lowest BCUT2D eigenvalue weighted by atomic mass is 10.0. The zero-order valence-corrected chi connectivity index (χ0v) is 16.1. The van der Waals surface area contributed by atoms with Gasteiger partial charge in [-0.2, -0.15) is 0 Å². The van der Waals surface area contributed by atoms with Crippen LogP contribution in [0.1, 0.15) is 104 Å². The molecule has 0 aliphatic heterocycles. The minimum atomic E-state index is -1.08. The predicted molar refractivity (Wildman–Crippen MR) is 101 cm³/mol. The van der Waals surface area contributed by atoms with E-state index in [9.17, 15) is 14.4 Å². The van der Waals surface area contributed by atoms with E-state index < -0.39 is 12.0 Å². The Hall–Kier alpha value is -1.39. The van der Waals surface area contributed by atoms with E-state index in [0.717, 1.165) is 19.3 Å². The molecule has 0 fully saturated rings. The Bertz CT molecular complexity index is 382. The zero-order chi connectivity index (χ0) is 18.9. The maximum Gasteiger partial charge on any atom is 0.305 e. The number of aliphatic carboxylic acids is 1. The maximum absolute atomic E-state index is 11.8. The number of carbonyl (C=O) groups is 3. The molecule has 0 radical (unpaired) electrons. The minimum Gasteiger partial charge on any atom is -0.481 e. The van der Waals surface area contributed by atoms with Crippen LogP contribution in [0.4, 0.5) is 0 Å². The summed E-state index contributed by atoms with van der Waals surface area (Å²) in [5.41, 5.74) is 0. The van der Waals surface area contributed by atoms with Gasteiger partial charge in [-0.3, -0.25) is 14.4 Å². The summed E-state index contributed by atoms with van der Waals surface area (Å²) in [6.45, 7) is 3.54. The van der Waals surface area contributed by atoms with Crippen molar-refractivity contribution in [2.24, 2.45) is 0 Å². The molecule has 0 aromatic heterocycles. The molecule has 1 atom stereocenters. The lowest BCUT2D eigenvalue weighted by molar-refractivity contribution is -0.139. The Morgan fingerprint density at radius 3 is 1.64 bits per heavy atom. The van der Waals surface area contributed by atoms with Gasteiger partial charge in [-0.25, -0.2) is 0 Å². The van der Waals surface area contributed by atoms with E-state index >= 15 is 0 Å². The van der Waals surface area contributed by atoms with Crippen molar-refractivity contribution in [3.8, 4) is 0 Å². The SMILES string of the molecule is CCCCCCCCCCCCCCC(=O)NC(CC(=O)O)C(C)=O. The molecule has 0 aromatic rings. The molecule has 25 heavy (non-hydrogen) atoms. The first-order valence-electron chi connectivity index (χ1n) is 9.99. The van der Waals surface area contributed by atoms with Gasteiger partial charge in [-0.15, -0.1) is 0 Å². The highest BCUT2D eigenvalue weighted by atomic mass is 16.4. The highest BCUT2D eigenvalue weighted by Gasteiger charge is 2.19. The first-order chi connectivity index (χ1) is 12.0. The second-order valence-electron chi connectivity index (χ2n) is 6.97. The molecule has 0 aliphatic carbocycles. The van der Waals surface area contributed by atoms with Crippen LogP contribution in [0.5, 0.6) is 0 Å². The van der Waals surface area contributed by atoms with E-state index in [1.807, 2.05) is 0 Å². The fourth-order valence-corrected chi connectivity index (χ4v) is 2.86. The molecule has 5 heteroatoms. The van der Waals surface area contributed by atoms with Gasteiger partial charge < -0.3 is 10.4 Å². The molecule has 0 spiro atoms. The highest BCUT2D eigenvalue weighted by Crippen LogP contribution is 2.12. The van der Waals surface area contributed by atoms with Crippen LogP contribution in [0.3, 0.4) is 0 Å². The van der Waals surface area contributed by atoms with Gasteiger partial charge in [0.2, 0.25) is 5.91 Å². The van der Waals surface area contributed by atoms with Crippen molar-refractivity contribution < 1.29 is 19.5 Å². The first kappa shape index (κ1) is 23.6. The summed E-state index contributed by atoms with van der Waals surface area (Å²) >= 11 is 0. The average molecular weight is 356 g/mol. The van der Waals surface area contributed by atoms with Gasteiger partial charge in [0, 0.05) is 6.42 Å². The van der Waals surface area contributed by atoms with Crippen LogP contribution in [0.25, 0.3) is 0 Å². The second-order valence-corrected chi connectivity index (χ2v) is 6.97. The molecular formula is C20H37NO4. The molecule has 0 bridgehead atoms. The Kier molecular flexibility index (Phi) is 15.2. The first-order valence-corrected chi connectivity index (χ1v) is 9.99. The van der Waals surface area contributed by atoms with Crippen molar-refractivity contribution in [1.82, 2.24) is 5.32 Å². The molecule has 146 valence electrons. The molecule has 2 N–H and O–H groups in total. The lowest BCUT2D eigenvalue weighted by Gasteiger charge is -2.13. The molecule has 0 aromatic carbocycles. The van der Waals surface area contributed by atoms with E-state index in [1.165, 1.54) is 64.7 Å². The summed E-state index contributed by atoms with van der Waals surface area (Å²) in [6.07, 6.45) is 14.8. The third-order valence-corrected chi connectivity index (χ3v) is 4.46. The summed E-state index contributed by atoms with van der Waals surface area (Å²) in [5, 5.41) is 11.2. The van der Waals surface area contributed by atoms with Gasteiger partial charge in [-0.1, -0.05) is 77.6 Å². The highest BCUT2D eigenvalue weighted by molar-refractivity contribution is 5.90. The molecule has 1 amide bonds. The van der Waals surface area contributed by atoms with Crippen molar-refractivity contribution in [2.75, 3.05) is 0 Å². The maximum atomic E-state index is 11.8. The number of amides is 1. The van der Waals surface area contributed by atoms with Crippen LogP contribution >= 0.6 is 0 Å². The Labute approximate surface area is 153 Å². The van der Waals surface area contributed by atoms with Gasteiger partial charge in [0.15, 0.2) is 5.78 Å². The molecule has 1 unspecified atom stereocenters. The van der Waals surface area contributed by atoms with Crippen molar-refractivity contribution in [3.05, 3.63) is 0 Å². The minimum absolute atomic E-state index is 0.228. The third-order valence-electron chi connectivity index (χ3n) is 4.46. The average Bonchev–Trinajstić information content (AvgIpc) is 2.54. The van der Waals surface area contributed by atoms with E-state index in [0.29, 0.717) is 6.42 Å². The van der Waals surface area contributed by atoms with E-state index in [1.54, 1.807) is 0 Å². The molecule has 0 rings (SSSR count). The van der Waals surface area contributed by atoms with Crippen molar-refractivity contribution in [3.63, 3.8) is 0 Å². The van der Waals surface area contributed by atoms with Gasteiger partial charge >= 0.3 is 5.97 Å². The van der Waals surface area contributed by atoms with Gasteiger partial charge in [0.05, 0.1) is 12.5 Å². The topological polar surface area (TPSA) is 83.5 Å². The van der Waals surface area contributed by atoms with E-state index in [2.05, 4.69) is 12.2 Å². The van der Waals surface area contributed by atoms with Gasteiger partial charge in [-0.05, 0) is 13.3 Å². The number of Topliss-reactive ketones (excluding diaryl/α,β-unsaturated/α-hetero) is 1. The normalized spacial score (nSPS) is 11.9. The number of carboxylic acids is 1. The standard InChI is InChI=1S/C20H37NO4/c1-3-4-5-6-7-8-9-10-11-12-13-14-15-19(23)21-18(17(2)22)16-20(24)25/h18H,3-16H2,1-2H3,(H,21,23)(H,24,25). The summed E-state index contributed by atoms with van der Waals surface area (Å²) in [7, 11) is 0. The smallest absolute Gasteiger partial charge is 0.305 e. The molecule has 5 nitrogen and oxygen atoms in total. The van der Waals surface area contributed by atoms with E-state index in [4.69, 9.17) is 5.11 Å². The zero-order valence-electron chi connectivity index (χ0n) is 16.1. The number of hydrogen-bond donors (Lipinski definition) is 2. The Morgan fingerprint density at radius 2 is 1.24 bits per heavy atom. The van der Waals surface area contributed by atoms with Crippen LogP contribution in [0.2, 0.25) is 0 Å². The Morgan fingerprint density at radius 1 is 0.800 bits per heavy atom. The van der Waals surface area contributed by atoms with Crippen LogP contribution in [-0.4, -0.2) is 28.8 Å². The molecular weight excluding hydrogens is 318 g/mol. The molecule has 0 aliphatic rings. The van der Waals surface area contributed by atoms with E-state index in [-0.39, 0.29) is 18.1 Å². The second kappa shape index (κ2) is 16.1. The van der Waals surface area contributed by atoms with Crippen LogP contribution in [-0.2, 0) is 14.4 Å². The van der Waals surface area contributed by atoms with Crippen molar-refractivity contribution >= 4 is 17.7 Å². The number of carbonyl (C=O) groups excluding carboxylic acids is 2. The lowest BCUT2D eigenvalue weighted by Crippen LogP contribution is -2.41. The number of hydrogen-bond acceptors (Lipinski definition) is 3. The molecule has 0 saturated heterocycles. The summed E-state index contributed by atoms with van der Waals surface area (Å²) in [4.78, 5) is 33.7. The summed E-state index contributed by atoms with van der Waals surface area (Å²) in [6, 6.07) is -0.901. The molecule has 0 saturated carbocycles. The third kappa shape index (κ3) is 15.9. The summed E-state index contributed by atoms with van der Waals surface area (Å²) < 4.78 is 0. The number of carboxylic acid groups (broad SMARTS) is 1. The quantitative estimate of drug-likeness (QED) is 0.373. The fraction of sp³-hybridized carbons (Fsp3) is 0.850. The number of unbranched alkanes of at least 4 members (excludes halogenated alkanes) is 11. The Balaban J connectivity index is 3.50.